The predicted octanol–water partition coefficient (Wildman–Crippen LogP) is 2.01. The summed E-state index contributed by atoms with van der Waals surface area (Å²) in [6.07, 6.45) is 2.98. The van der Waals surface area contributed by atoms with Gasteiger partial charge in [0.1, 0.15) is 23.2 Å². The number of carbonyl (C=O) groups is 1. The van der Waals surface area contributed by atoms with E-state index in [4.69, 9.17) is 14.9 Å². The number of hydrogen-bond donors (Lipinski definition) is 1. The minimum absolute atomic E-state index is 0.161. The van der Waals surface area contributed by atoms with E-state index < -0.39 is 11.6 Å². The molecule has 2 N–H and O–H groups in total. The fraction of sp³-hybridized carbons (Fsp3) is 0.333. The predicted molar refractivity (Wildman–Crippen MR) is 82.7 cm³/mol. The van der Waals surface area contributed by atoms with Crippen LogP contribution in [-0.4, -0.2) is 31.1 Å². The van der Waals surface area contributed by atoms with Crippen LogP contribution in [0.5, 0.6) is 0 Å². The maximum atomic E-state index is 12.0. The Bertz CT molecular complexity index is 859. The van der Waals surface area contributed by atoms with Gasteiger partial charge in [-0.05, 0) is 32.9 Å². The zero-order chi connectivity index (χ0) is 16.6. The first-order valence-electron chi connectivity index (χ1n) is 7.07. The second-order valence-corrected chi connectivity index (χ2v) is 6.07. The van der Waals surface area contributed by atoms with Crippen LogP contribution in [0.2, 0.25) is 0 Å². The number of nitrogens with two attached hydrogens (primary N) is 1. The molecule has 0 aliphatic rings. The highest BCUT2D eigenvalue weighted by Crippen LogP contribution is 2.18. The molecule has 0 aliphatic heterocycles. The molecule has 0 bridgehead atoms. The second kappa shape index (κ2) is 5.38. The van der Waals surface area contributed by atoms with Gasteiger partial charge in [0, 0.05) is 0 Å². The van der Waals surface area contributed by atoms with Gasteiger partial charge in [-0.3, -0.25) is 0 Å². The van der Waals surface area contributed by atoms with Crippen LogP contribution in [0.4, 0.5) is 5.82 Å². The molecule has 3 heterocycles. The molecule has 0 radical (unpaired) electrons. The number of esters is 1. The molecule has 0 aromatic carbocycles. The largest absolute Gasteiger partial charge is 0.454 e. The third-order valence-electron chi connectivity index (χ3n) is 3.02. The zero-order valence-electron chi connectivity index (χ0n) is 13.1. The van der Waals surface area contributed by atoms with Gasteiger partial charge < -0.3 is 19.5 Å². The summed E-state index contributed by atoms with van der Waals surface area (Å²) in [6, 6.07) is 3.31. The van der Waals surface area contributed by atoms with Crippen molar-refractivity contribution >= 4 is 23.0 Å². The lowest BCUT2D eigenvalue weighted by Crippen LogP contribution is -2.23. The van der Waals surface area contributed by atoms with Gasteiger partial charge in [0.2, 0.25) is 5.76 Å². The molecule has 3 aromatic rings. The maximum absolute atomic E-state index is 12.0. The van der Waals surface area contributed by atoms with Crippen LogP contribution in [0.3, 0.4) is 0 Å². The molecule has 0 atom stereocenters. The fourth-order valence-electron chi connectivity index (χ4n) is 2.08. The Balaban J connectivity index is 1.81. The van der Waals surface area contributed by atoms with E-state index in [-0.39, 0.29) is 5.76 Å². The molecule has 0 fully saturated rings. The number of nitrogens with zero attached hydrogens (tertiary/aromatic N) is 4. The van der Waals surface area contributed by atoms with Crippen LogP contribution in [-0.2, 0) is 11.3 Å². The Labute approximate surface area is 132 Å². The molecular weight excluding hydrogens is 298 g/mol. The monoisotopic (exact) mass is 315 g/mol. The topological polar surface area (TPSA) is 109 Å². The summed E-state index contributed by atoms with van der Waals surface area (Å²) in [4.78, 5) is 24.2. The van der Waals surface area contributed by atoms with E-state index >= 15 is 0 Å². The highest BCUT2D eigenvalue weighted by molar-refractivity contribution is 5.86. The molecule has 0 spiro atoms. The van der Waals surface area contributed by atoms with Crippen molar-refractivity contribution in [1.29, 1.82) is 0 Å². The molecule has 3 rings (SSSR count). The van der Waals surface area contributed by atoms with Gasteiger partial charge >= 0.3 is 5.97 Å². The van der Waals surface area contributed by atoms with Gasteiger partial charge in [0.05, 0.1) is 12.9 Å². The number of hydrogen-bond acceptors (Lipinski definition) is 7. The van der Waals surface area contributed by atoms with Crippen molar-refractivity contribution in [3.05, 3.63) is 36.3 Å². The van der Waals surface area contributed by atoms with Gasteiger partial charge in [-0.2, -0.15) is 0 Å². The van der Waals surface area contributed by atoms with E-state index in [1.54, 1.807) is 43.8 Å². The van der Waals surface area contributed by atoms with Crippen LogP contribution in [0.15, 0.2) is 29.2 Å². The Hall–Kier alpha value is -2.90. The number of imidazole rings is 1. The second-order valence-electron chi connectivity index (χ2n) is 6.07. The number of furan rings is 1. The van der Waals surface area contributed by atoms with Crippen molar-refractivity contribution in [2.24, 2.45) is 0 Å². The Kier molecular flexibility index (Phi) is 3.51. The number of ether oxygens (including phenoxy) is 1. The Morgan fingerprint density at radius 2 is 2.09 bits per heavy atom. The van der Waals surface area contributed by atoms with Crippen molar-refractivity contribution in [1.82, 2.24) is 19.5 Å². The normalized spacial score (nSPS) is 11.8. The van der Waals surface area contributed by atoms with Crippen molar-refractivity contribution < 1.29 is 13.9 Å². The number of anilines is 1. The minimum atomic E-state index is -0.570. The third kappa shape index (κ3) is 3.15. The summed E-state index contributed by atoms with van der Waals surface area (Å²) in [5.41, 5.74) is 6.32. The van der Waals surface area contributed by atoms with Crippen LogP contribution < -0.4 is 5.73 Å². The van der Waals surface area contributed by atoms with E-state index in [2.05, 4.69) is 15.0 Å². The molecule has 3 aromatic heterocycles. The number of rotatable bonds is 3. The van der Waals surface area contributed by atoms with Crippen molar-refractivity contribution in [3.8, 4) is 0 Å². The summed E-state index contributed by atoms with van der Waals surface area (Å²) < 4.78 is 12.6. The minimum Gasteiger partial charge on any atom is -0.454 e. The van der Waals surface area contributed by atoms with Gasteiger partial charge in [-0.15, -0.1) is 0 Å². The van der Waals surface area contributed by atoms with Gasteiger partial charge in [-0.25, -0.2) is 19.7 Å². The molecule has 8 nitrogen and oxygen atoms in total. The maximum Gasteiger partial charge on any atom is 0.374 e. The molecule has 0 saturated carbocycles. The van der Waals surface area contributed by atoms with Crippen LogP contribution in [0, 0.1) is 0 Å². The number of carbonyl (C=O) groups excluding carboxylic acids is 1. The third-order valence-corrected chi connectivity index (χ3v) is 3.02. The quantitative estimate of drug-likeness (QED) is 0.736. The summed E-state index contributed by atoms with van der Waals surface area (Å²) in [7, 11) is 0. The Morgan fingerprint density at radius 1 is 1.30 bits per heavy atom. The molecule has 0 saturated heterocycles. The SMILES string of the molecule is CC(C)(C)OC(=O)c1ccc(Cn2cnc3c(N)ncnc32)o1. The van der Waals surface area contributed by atoms with Gasteiger partial charge in [-0.1, -0.05) is 0 Å². The highest BCUT2D eigenvalue weighted by atomic mass is 16.6. The van der Waals surface area contributed by atoms with E-state index in [1.807, 2.05) is 0 Å². The van der Waals surface area contributed by atoms with Gasteiger partial charge in [0.25, 0.3) is 0 Å². The highest BCUT2D eigenvalue weighted by Gasteiger charge is 2.21. The van der Waals surface area contributed by atoms with Crippen LogP contribution in [0.25, 0.3) is 11.2 Å². The summed E-state index contributed by atoms with van der Waals surface area (Å²) in [6.45, 7) is 5.78. The summed E-state index contributed by atoms with van der Waals surface area (Å²) in [5, 5.41) is 0. The molecular formula is C15H17N5O3. The number of nitrogen functional groups attached to an aromatic ring is 1. The molecule has 120 valence electrons. The van der Waals surface area contributed by atoms with Gasteiger partial charge in [0.15, 0.2) is 11.5 Å². The van der Waals surface area contributed by atoms with E-state index in [0.717, 1.165) is 0 Å². The smallest absolute Gasteiger partial charge is 0.374 e. The van der Waals surface area contributed by atoms with Crippen LogP contribution >= 0.6 is 0 Å². The molecule has 8 heteroatoms. The summed E-state index contributed by atoms with van der Waals surface area (Å²) in [5.74, 6) is 0.573. The lowest BCUT2D eigenvalue weighted by molar-refractivity contribution is 0.00343. The first-order valence-corrected chi connectivity index (χ1v) is 7.07. The first kappa shape index (κ1) is 15.0. The molecule has 0 amide bonds. The first-order chi connectivity index (χ1) is 10.8. The van der Waals surface area contributed by atoms with Crippen molar-refractivity contribution in [2.75, 3.05) is 5.73 Å². The molecule has 23 heavy (non-hydrogen) atoms. The van der Waals surface area contributed by atoms with Crippen molar-refractivity contribution in [3.63, 3.8) is 0 Å². The van der Waals surface area contributed by atoms with E-state index in [0.29, 0.717) is 29.3 Å². The fourth-order valence-corrected chi connectivity index (χ4v) is 2.08. The zero-order valence-corrected chi connectivity index (χ0v) is 13.1. The summed E-state index contributed by atoms with van der Waals surface area (Å²) >= 11 is 0. The molecule has 0 aliphatic carbocycles. The van der Waals surface area contributed by atoms with E-state index in [9.17, 15) is 4.79 Å². The Morgan fingerprint density at radius 3 is 2.83 bits per heavy atom. The average Bonchev–Trinajstić information content (AvgIpc) is 3.06. The van der Waals surface area contributed by atoms with Crippen LogP contribution in [0.1, 0.15) is 37.1 Å². The number of aromatic nitrogens is 4. The van der Waals surface area contributed by atoms with Crippen molar-refractivity contribution in [2.45, 2.75) is 32.9 Å². The lowest BCUT2D eigenvalue weighted by atomic mass is 10.2. The van der Waals surface area contributed by atoms with E-state index in [1.165, 1.54) is 6.33 Å². The number of fused-ring (bicyclic) bond motifs is 1. The average molecular weight is 315 g/mol. The lowest BCUT2D eigenvalue weighted by Gasteiger charge is -2.18. The standard InChI is InChI=1S/C15H17N5O3/c1-15(2,3)23-14(21)10-5-4-9(22-10)6-20-8-19-11-12(16)17-7-18-13(11)20/h4-5,7-8H,6H2,1-3H3,(H2,16,17,18). The molecule has 0 unspecified atom stereocenters.